The van der Waals surface area contributed by atoms with Crippen molar-refractivity contribution in [1.29, 1.82) is 0 Å². The van der Waals surface area contributed by atoms with Gasteiger partial charge in [-0.15, -0.1) is 0 Å². The van der Waals surface area contributed by atoms with Gasteiger partial charge in [0, 0.05) is 25.1 Å². The molecule has 0 unspecified atom stereocenters. The van der Waals surface area contributed by atoms with Gasteiger partial charge in [0.05, 0.1) is 6.04 Å². The first-order valence-corrected chi connectivity index (χ1v) is 10.0. The molecular formula is C21H25F3N4O. The Kier molecular flexibility index (Phi) is 5.04. The third-order valence-corrected chi connectivity index (χ3v) is 6.01. The van der Waals surface area contributed by atoms with Crippen LogP contribution in [0.5, 0.6) is 0 Å². The van der Waals surface area contributed by atoms with E-state index in [9.17, 15) is 18.0 Å². The predicted molar refractivity (Wildman–Crippen MR) is 104 cm³/mol. The molecule has 3 heterocycles. The summed E-state index contributed by atoms with van der Waals surface area (Å²) in [5.41, 5.74) is 0.845. The molecule has 1 saturated heterocycles. The van der Waals surface area contributed by atoms with Crippen LogP contribution < -0.4 is 5.32 Å². The Hall–Kier alpha value is -2.51. The average molecular weight is 406 g/mol. The zero-order chi connectivity index (χ0) is 20.8. The van der Waals surface area contributed by atoms with Crippen molar-refractivity contribution in [2.24, 2.45) is 5.92 Å². The molecule has 0 spiro atoms. The summed E-state index contributed by atoms with van der Waals surface area (Å²) in [6.07, 6.45) is -2.85. The van der Waals surface area contributed by atoms with Crippen LogP contribution in [0.25, 0.3) is 0 Å². The summed E-state index contributed by atoms with van der Waals surface area (Å²) in [6, 6.07) is 8.29. The Morgan fingerprint density at radius 1 is 1.17 bits per heavy atom. The van der Waals surface area contributed by atoms with Gasteiger partial charge in [0.15, 0.2) is 11.7 Å². The Morgan fingerprint density at radius 2 is 1.90 bits per heavy atom. The number of halogens is 3. The molecule has 29 heavy (non-hydrogen) atoms. The van der Waals surface area contributed by atoms with E-state index >= 15 is 0 Å². The average Bonchev–Trinajstić information content (AvgIpc) is 3.10. The number of anilines is 1. The smallest absolute Gasteiger partial charge is 0.363 e. The summed E-state index contributed by atoms with van der Waals surface area (Å²) in [5.74, 6) is 0.464. The maximum atomic E-state index is 13.8. The SMILES string of the molecule is C[C@@H]1CCN(C(=O)c2cc3n(n2)[C@H](C(F)(F)F)C[C@H](c2ccccc2)N3)[C@H](C)C1. The minimum absolute atomic E-state index is 0.0495. The van der Waals surface area contributed by atoms with Crippen LogP contribution in [-0.2, 0) is 0 Å². The fraction of sp³-hybridized carbons (Fsp3) is 0.524. The molecule has 2 aliphatic rings. The number of rotatable bonds is 2. The van der Waals surface area contributed by atoms with Crippen LogP contribution in [0.3, 0.4) is 0 Å². The molecule has 8 heteroatoms. The lowest BCUT2D eigenvalue weighted by Gasteiger charge is -2.36. The summed E-state index contributed by atoms with van der Waals surface area (Å²) in [7, 11) is 0. The number of hydrogen-bond donors (Lipinski definition) is 1. The molecule has 5 nitrogen and oxygen atoms in total. The molecule has 2 aromatic rings. The molecule has 2 aliphatic heterocycles. The van der Waals surface area contributed by atoms with Gasteiger partial charge < -0.3 is 10.2 Å². The Morgan fingerprint density at radius 3 is 2.55 bits per heavy atom. The lowest BCUT2D eigenvalue weighted by atomic mass is 9.93. The van der Waals surface area contributed by atoms with Crippen LogP contribution in [0.2, 0.25) is 0 Å². The van der Waals surface area contributed by atoms with Crippen LogP contribution >= 0.6 is 0 Å². The molecule has 4 rings (SSSR count). The number of benzene rings is 1. The second-order valence-corrected chi connectivity index (χ2v) is 8.24. The minimum Gasteiger partial charge on any atom is -0.363 e. The van der Waals surface area contributed by atoms with E-state index in [0.717, 1.165) is 23.1 Å². The fourth-order valence-corrected chi connectivity index (χ4v) is 4.44. The molecule has 1 aromatic carbocycles. The van der Waals surface area contributed by atoms with E-state index in [-0.39, 0.29) is 29.9 Å². The van der Waals surface area contributed by atoms with Gasteiger partial charge in [0.2, 0.25) is 0 Å². The lowest BCUT2D eigenvalue weighted by molar-refractivity contribution is -0.173. The Bertz CT molecular complexity index is 880. The van der Waals surface area contributed by atoms with Gasteiger partial charge in [-0.25, -0.2) is 4.68 Å². The highest BCUT2D eigenvalue weighted by atomic mass is 19.4. The quantitative estimate of drug-likeness (QED) is 0.779. The standard InChI is InChI=1S/C21H25F3N4O/c1-13-8-9-27(14(2)10-13)20(29)17-12-19-25-16(15-6-4-3-5-7-15)11-18(21(22,23)24)28(19)26-17/h3-7,12-14,16,18,25H,8-11H2,1-2H3/t13-,14-,16-,18+/m1/s1. The van der Waals surface area contributed by atoms with E-state index < -0.39 is 18.3 Å². The van der Waals surface area contributed by atoms with Gasteiger partial charge >= 0.3 is 6.18 Å². The van der Waals surface area contributed by atoms with Crippen LogP contribution in [0.4, 0.5) is 19.0 Å². The molecule has 0 saturated carbocycles. The number of carbonyl (C=O) groups is 1. The zero-order valence-electron chi connectivity index (χ0n) is 16.5. The summed E-state index contributed by atoms with van der Waals surface area (Å²) >= 11 is 0. The number of nitrogens with one attached hydrogen (secondary N) is 1. The highest BCUT2D eigenvalue weighted by Crippen LogP contribution is 2.43. The summed E-state index contributed by atoms with van der Waals surface area (Å²) < 4.78 is 42.3. The first-order chi connectivity index (χ1) is 13.7. The van der Waals surface area contributed by atoms with Crippen molar-refractivity contribution in [2.75, 3.05) is 11.9 Å². The van der Waals surface area contributed by atoms with Crippen molar-refractivity contribution in [3.8, 4) is 0 Å². The van der Waals surface area contributed by atoms with Gasteiger partial charge in [0.1, 0.15) is 5.82 Å². The second kappa shape index (κ2) is 7.39. The normalized spacial score (nSPS) is 27.3. The van der Waals surface area contributed by atoms with E-state index in [4.69, 9.17) is 0 Å². The number of likely N-dealkylation sites (tertiary alicyclic amines) is 1. The summed E-state index contributed by atoms with van der Waals surface area (Å²) in [6.45, 7) is 4.73. The van der Waals surface area contributed by atoms with Gasteiger partial charge in [-0.2, -0.15) is 18.3 Å². The predicted octanol–water partition coefficient (Wildman–Crippen LogP) is 4.80. The number of aromatic nitrogens is 2. The Balaban J connectivity index is 1.65. The molecule has 1 N–H and O–H groups in total. The molecule has 1 aromatic heterocycles. The molecule has 4 atom stereocenters. The summed E-state index contributed by atoms with van der Waals surface area (Å²) in [4.78, 5) is 14.7. The van der Waals surface area contributed by atoms with Crippen molar-refractivity contribution >= 4 is 11.7 Å². The second-order valence-electron chi connectivity index (χ2n) is 8.24. The number of nitrogens with zero attached hydrogens (tertiary/aromatic N) is 3. The van der Waals surface area contributed by atoms with Crippen molar-refractivity contribution in [3.63, 3.8) is 0 Å². The number of hydrogen-bond acceptors (Lipinski definition) is 3. The maximum absolute atomic E-state index is 13.8. The van der Waals surface area contributed by atoms with Crippen LogP contribution in [0.15, 0.2) is 36.4 Å². The van der Waals surface area contributed by atoms with Crippen molar-refractivity contribution in [2.45, 2.75) is 57.4 Å². The van der Waals surface area contributed by atoms with Crippen LogP contribution in [-0.4, -0.2) is 39.4 Å². The highest BCUT2D eigenvalue weighted by molar-refractivity contribution is 5.93. The first-order valence-electron chi connectivity index (χ1n) is 10.0. The summed E-state index contributed by atoms with van der Waals surface area (Å²) in [5, 5.41) is 7.24. The molecule has 0 bridgehead atoms. The number of amides is 1. The van der Waals surface area contributed by atoms with Crippen molar-refractivity contribution in [1.82, 2.24) is 14.7 Å². The van der Waals surface area contributed by atoms with E-state index in [1.807, 2.05) is 13.0 Å². The van der Waals surface area contributed by atoms with Crippen molar-refractivity contribution < 1.29 is 18.0 Å². The highest BCUT2D eigenvalue weighted by Gasteiger charge is 2.47. The lowest BCUT2D eigenvalue weighted by Crippen LogP contribution is -2.44. The van der Waals surface area contributed by atoms with Gasteiger partial charge in [-0.05, 0) is 31.2 Å². The molecule has 1 amide bonds. The maximum Gasteiger partial charge on any atom is 0.410 e. The van der Waals surface area contributed by atoms with Crippen LogP contribution in [0, 0.1) is 5.92 Å². The Labute approximate surface area is 167 Å². The topological polar surface area (TPSA) is 50.2 Å². The largest absolute Gasteiger partial charge is 0.410 e. The molecule has 156 valence electrons. The number of carbonyl (C=O) groups excluding carboxylic acids is 1. The van der Waals surface area contributed by atoms with E-state index in [1.165, 1.54) is 6.07 Å². The van der Waals surface area contributed by atoms with E-state index in [0.29, 0.717) is 12.5 Å². The molecular weight excluding hydrogens is 381 g/mol. The van der Waals surface area contributed by atoms with Gasteiger partial charge in [-0.1, -0.05) is 37.3 Å². The molecule has 1 fully saturated rings. The third kappa shape index (κ3) is 3.84. The number of fused-ring (bicyclic) bond motifs is 1. The third-order valence-electron chi connectivity index (χ3n) is 6.01. The number of alkyl halides is 3. The zero-order valence-corrected chi connectivity index (χ0v) is 16.5. The van der Waals surface area contributed by atoms with Gasteiger partial charge in [-0.3, -0.25) is 4.79 Å². The van der Waals surface area contributed by atoms with E-state index in [1.54, 1.807) is 29.2 Å². The minimum atomic E-state index is -4.45. The van der Waals surface area contributed by atoms with E-state index in [2.05, 4.69) is 17.3 Å². The fourth-order valence-electron chi connectivity index (χ4n) is 4.44. The van der Waals surface area contributed by atoms with Crippen molar-refractivity contribution in [3.05, 3.63) is 47.7 Å². The monoisotopic (exact) mass is 406 g/mol. The number of piperidine rings is 1. The first kappa shape index (κ1) is 19.8. The molecule has 0 aliphatic carbocycles. The van der Waals surface area contributed by atoms with Crippen LogP contribution in [0.1, 0.15) is 61.2 Å². The molecule has 0 radical (unpaired) electrons. The van der Waals surface area contributed by atoms with Gasteiger partial charge in [0.25, 0.3) is 5.91 Å².